The first-order valence-corrected chi connectivity index (χ1v) is 11.1. The number of nitrogens with one attached hydrogen (secondary N) is 1. The molecular formula is C19H28N2O7S. The molecule has 2 amide bonds. The zero-order chi connectivity index (χ0) is 21.7. The summed E-state index contributed by atoms with van der Waals surface area (Å²) in [6.45, 7) is 5.46. The summed E-state index contributed by atoms with van der Waals surface area (Å²) in [4.78, 5) is 25.9. The number of hydrogen-bond donors (Lipinski definition) is 1. The Morgan fingerprint density at radius 1 is 1.17 bits per heavy atom. The molecule has 1 N–H and O–H groups in total. The molecule has 2 unspecified atom stereocenters. The molecule has 10 heteroatoms. The van der Waals surface area contributed by atoms with Gasteiger partial charge in [-0.3, -0.25) is 4.18 Å². The fourth-order valence-electron chi connectivity index (χ4n) is 2.91. The quantitative estimate of drug-likeness (QED) is 0.716. The van der Waals surface area contributed by atoms with Gasteiger partial charge in [0.05, 0.1) is 24.9 Å². The fourth-order valence-corrected chi connectivity index (χ4v) is 3.54. The Bertz CT molecular complexity index is 806. The zero-order valence-corrected chi connectivity index (χ0v) is 17.9. The van der Waals surface area contributed by atoms with Gasteiger partial charge in [-0.1, -0.05) is 30.3 Å². The molecule has 29 heavy (non-hydrogen) atoms. The number of carbonyl (C=O) groups is 2. The lowest BCUT2D eigenvalue weighted by Gasteiger charge is -2.36. The van der Waals surface area contributed by atoms with Crippen LogP contribution in [0.5, 0.6) is 0 Å². The van der Waals surface area contributed by atoms with Crippen LogP contribution in [0.3, 0.4) is 0 Å². The number of nitrogens with zero attached hydrogens (tertiary/aromatic N) is 1. The molecule has 0 saturated carbocycles. The van der Waals surface area contributed by atoms with E-state index in [9.17, 15) is 18.0 Å². The highest BCUT2D eigenvalue weighted by Gasteiger charge is 2.34. The van der Waals surface area contributed by atoms with Crippen LogP contribution in [0.25, 0.3) is 0 Å². The third-order valence-electron chi connectivity index (χ3n) is 3.91. The fraction of sp³-hybridized carbons (Fsp3) is 0.579. The zero-order valence-electron chi connectivity index (χ0n) is 17.1. The minimum Gasteiger partial charge on any atom is -0.445 e. The average molecular weight is 429 g/mol. The van der Waals surface area contributed by atoms with Crippen LogP contribution >= 0.6 is 0 Å². The third kappa shape index (κ3) is 8.70. The van der Waals surface area contributed by atoms with Crippen LogP contribution in [0.4, 0.5) is 9.59 Å². The molecule has 2 atom stereocenters. The minimum atomic E-state index is -3.73. The van der Waals surface area contributed by atoms with Gasteiger partial charge < -0.3 is 19.7 Å². The van der Waals surface area contributed by atoms with Crippen LogP contribution < -0.4 is 5.32 Å². The molecule has 0 spiro atoms. The number of likely N-dealkylation sites (tertiary alicyclic amines) is 1. The summed E-state index contributed by atoms with van der Waals surface area (Å²) in [6.07, 6.45) is -0.917. The van der Waals surface area contributed by atoms with Crippen molar-refractivity contribution in [2.45, 2.75) is 51.5 Å². The number of rotatable bonds is 5. The van der Waals surface area contributed by atoms with Crippen molar-refractivity contribution in [3.05, 3.63) is 35.9 Å². The van der Waals surface area contributed by atoms with Crippen LogP contribution in [-0.4, -0.2) is 62.6 Å². The lowest BCUT2D eigenvalue weighted by Crippen LogP contribution is -2.55. The van der Waals surface area contributed by atoms with Crippen molar-refractivity contribution in [2.75, 3.05) is 19.3 Å². The number of hydrogen-bond acceptors (Lipinski definition) is 7. The molecule has 1 fully saturated rings. The molecule has 0 aliphatic carbocycles. The van der Waals surface area contributed by atoms with Crippen LogP contribution in [0.2, 0.25) is 0 Å². The highest BCUT2D eigenvalue weighted by Crippen LogP contribution is 2.18. The molecule has 2 rings (SSSR count). The van der Waals surface area contributed by atoms with Crippen molar-refractivity contribution in [1.82, 2.24) is 10.2 Å². The molecule has 1 aromatic carbocycles. The number of ether oxygens (including phenoxy) is 2. The summed E-state index contributed by atoms with van der Waals surface area (Å²) < 4.78 is 38.7. The second-order valence-corrected chi connectivity index (χ2v) is 9.55. The Morgan fingerprint density at radius 2 is 1.83 bits per heavy atom. The highest BCUT2D eigenvalue weighted by molar-refractivity contribution is 7.86. The number of benzene rings is 1. The Balaban J connectivity index is 2.02. The van der Waals surface area contributed by atoms with Crippen molar-refractivity contribution in [3.63, 3.8) is 0 Å². The predicted molar refractivity (Wildman–Crippen MR) is 106 cm³/mol. The van der Waals surface area contributed by atoms with Gasteiger partial charge in [0.2, 0.25) is 0 Å². The molecule has 1 aliphatic heterocycles. The molecule has 1 heterocycles. The van der Waals surface area contributed by atoms with Crippen molar-refractivity contribution in [2.24, 2.45) is 0 Å². The molecule has 1 saturated heterocycles. The van der Waals surface area contributed by atoms with E-state index in [0.717, 1.165) is 11.8 Å². The molecule has 1 aromatic rings. The van der Waals surface area contributed by atoms with Crippen LogP contribution in [-0.2, 0) is 30.4 Å². The minimum absolute atomic E-state index is 0.0349. The Labute approximate surface area is 171 Å². The van der Waals surface area contributed by atoms with Gasteiger partial charge in [-0.2, -0.15) is 8.42 Å². The lowest BCUT2D eigenvalue weighted by molar-refractivity contribution is 0.0310. The Kier molecular flexibility index (Phi) is 7.48. The van der Waals surface area contributed by atoms with Gasteiger partial charge >= 0.3 is 12.2 Å². The number of piperidine rings is 1. The maximum Gasteiger partial charge on any atom is 0.410 e. The molecule has 0 radical (unpaired) electrons. The largest absolute Gasteiger partial charge is 0.445 e. The normalized spacial score (nSPS) is 20.1. The number of amides is 2. The maximum atomic E-state index is 12.5. The van der Waals surface area contributed by atoms with Crippen LogP contribution in [0.1, 0.15) is 32.8 Å². The first-order valence-electron chi connectivity index (χ1n) is 9.25. The van der Waals surface area contributed by atoms with Crippen LogP contribution in [0.15, 0.2) is 30.3 Å². The van der Waals surface area contributed by atoms with Crippen molar-refractivity contribution in [1.29, 1.82) is 0 Å². The van der Waals surface area contributed by atoms with E-state index >= 15 is 0 Å². The number of alkyl carbamates (subject to hydrolysis) is 1. The molecular weight excluding hydrogens is 400 g/mol. The van der Waals surface area contributed by atoms with Gasteiger partial charge in [0, 0.05) is 6.54 Å². The Hall–Kier alpha value is -2.33. The topological polar surface area (TPSA) is 111 Å². The van der Waals surface area contributed by atoms with Gasteiger partial charge in [0.25, 0.3) is 10.1 Å². The third-order valence-corrected chi connectivity index (χ3v) is 4.53. The first-order chi connectivity index (χ1) is 13.4. The van der Waals surface area contributed by atoms with Crippen molar-refractivity contribution >= 4 is 22.3 Å². The summed E-state index contributed by atoms with van der Waals surface area (Å²) in [5.41, 5.74) is 0.139. The average Bonchev–Trinajstić information content (AvgIpc) is 2.57. The monoisotopic (exact) mass is 428 g/mol. The summed E-state index contributed by atoms with van der Waals surface area (Å²) in [5, 5.41) is 2.66. The molecule has 1 aliphatic rings. The van der Waals surface area contributed by atoms with E-state index in [0.29, 0.717) is 0 Å². The second kappa shape index (κ2) is 9.45. The van der Waals surface area contributed by atoms with E-state index in [2.05, 4.69) is 5.32 Å². The van der Waals surface area contributed by atoms with Gasteiger partial charge in [-0.15, -0.1) is 0 Å². The predicted octanol–water partition coefficient (Wildman–Crippen LogP) is 2.27. The molecule has 9 nitrogen and oxygen atoms in total. The van der Waals surface area contributed by atoms with Gasteiger partial charge in [0.15, 0.2) is 0 Å². The SMILES string of the molecule is CC(C)(C)OC(=O)NC1CC(OS(C)(=O)=O)CN(C(=O)OCc2ccccc2)C1. The molecule has 0 bridgehead atoms. The van der Waals surface area contributed by atoms with Crippen LogP contribution in [0, 0.1) is 0 Å². The smallest absolute Gasteiger partial charge is 0.410 e. The maximum absolute atomic E-state index is 12.5. The Morgan fingerprint density at radius 3 is 2.41 bits per heavy atom. The van der Waals surface area contributed by atoms with Gasteiger partial charge in [-0.25, -0.2) is 9.59 Å². The summed E-state index contributed by atoms with van der Waals surface area (Å²) in [5.74, 6) is 0. The summed E-state index contributed by atoms with van der Waals surface area (Å²) >= 11 is 0. The van der Waals surface area contributed by atoms with E-state index in [1.165, 1.54) is 4.90 Å². The van der Waals surface area contributed by atoms with Gasteiger partial charge in [-0.05, 0) is 32.8 Å². The highest BCUT2D eigenvalue weighted by atomic mass is 32.2. The molecule has 0 aromatic heterocycles. The summed E-state index contributed by atoms with van der Waals surface area (Å²) in [7, 11) is -3.73. The second-order valence-electron chi connectivity index (χ2n) is 7.95. The van der Waals surface area contributed by atoms with Gasteiger partial charge in [0.1, 0.15) is 12.2 Å². The van der Waals surface area contributed by atoms with E-state index in [1.807, 2.05) is 30.3 Å². The van der Waals surface area contributed by atoms with E-state index in [1.54, 1.807) is 20.8 Å². The van der Waals surface area contributed by atoms with Crippen molar-refractivity contribution < 1.29 is 31.7 Å². The number of carbonyl (C=O) groups excluding carboxylic acids is 2. The summed E-state index contributed by atoms with van der Waals surface area (Å²) in [6, 6.07) is 8.63. The van der Waals surface area contributed by atoms with E-state index in [4.69, 9.17) is 13.7 Å². The van der Waals surface area contributed by atoms with E-state index < -0.39 is 40.1 Å². The van der Waals surface area contributed by atoms with Crippen molar-refractivity contribution in [3.8, 4) is 0 Å². The standard InChI is InChI=1S/C19H28N2O7S/c1-19(2,3)27-17(22)20-15-10-16(28-29(4,24)25)12-21(11-15)18(23)26-13-14-8-6-5-7-9-14/h5-9,15-16H,10-13H2,1-4H3,(H,20,22). The molecule has 162 valence electrons. The lowest BCUT2D eigenvalue weighted by atomic mass is 10.0. The first kappa shape index (κ1) is 23.0. The van der Waals surface area contributed by atoms with E-state index in [-0.39, 0.29) is 26.1 Å².